The SMILES string of the molecule is IC1=CCCN(Cc2ccccc2)C1. The van der Waals surface area contributed by atoms with Crippen molar-refractivity contribution in [1.29, 1.82) is 0 Å². The highest BCUT2D eigenvalue weighted by atomic mass is 127. The van der Waals surface area contributed by atoms with E-state index in [1.54, 1.807) is 0 Å². The third-order valence-corrected chi connectivity index (χ3v) is 3.22. The van der Waals surface area contributed by atoms with Gasteiger partial charge in [-0.05, 0) is 34.6 Å². The molecule has 14 heavy (non-hydrogen) atoms. The van der Waals surface area contributed by atoms with Crippen LogP contribution in [0.4, 0.5) is 0 Å². The van der Waals surface area contributed by atoms with E-state index < -0.39 is 0 Å². The molecule has 0 bridgehead atoms. The second-order valence-corrected chi connectivity index (χ2v) is 5.02. The Bertz CT molecular complexity index is 318. The molecule has 0 saturated carbocycles. The molecule has 0 atom stereocenters. The fourth-order valence-electron chi connectivity index (χ4n) is 1.74. The highest BCUT2D eigenvalue weighted by Crippen LogP contribution is 2.17. The van der Waals surface area contributed by atoms with E-state index in [-0.39, 0.29) is 0 Å². The Morgan fingerprint density at radius 3 is 2.71 bits per heavy atom. The zero-order valence-corrected chi connectivity index (χ0v) is 10.3. The first-order chi connectivity index (χ1) is 6.84. The van der Waals surface area contributed by atoms with Crippen LogP contribution in [0.5, 0.6) is 0 Å². The minimum absolute atomic E-state index is 1.08. The molecule has 2 heteroatoms. The molecule has 2 rings (SSSR count). The first-order valence-electron chi connectivity index (χ1n) is 4.95. The molecule has 0 radical (unpaired) electrons. The second-order valence-electron chi connectivity index (χ2n) is 3.64. The van der Waals surface area contributed by atoms with Crippen molar-refractivity contribution in [3.8, 4) is 0 Å². The van der Waals surface area contributed by atoms with Crippen LogP contribution in [0, 0.1) is 0 Å². The Labute approximate surface area is 98.9 Å². The summed E-state index contributed by atoms with van der Waals surface area (Å²) in [7, 11) is 0. The smallest absolute Gasteiger partial charge is 0.0292 e. The zero-order valence-electron chi connectivity index (χ0n) is 8.12. The Morgan fingerprint density at radius 1 is 1.21 bits per heavy atom. The normalized spacial score (nSPS) is 17.9. The predicted molar refractivity (Wildman–Crippen MR) is 68.4 cm³/mol. The maximum Gasteiger partial charge on any atom is 0.0292 e. The maximum atomic E-state index is 2.50. The lowest BCUT2D eigenvalue weighted by molar-refractivity contribution is 0.289. The minimum Gasteiger partial charge on any atom is -0.294 e. The number of rotatable bonds is 2. The molecule has 74 valence electrons. The topological polar surface area (TPSA) is 3.24 Å². The molecule has 1 aromatic carbocycles. The van der Waals surface area contributed by atoms with Crippen molar-refractivity contribution < 1.29 is 0 Å². The first-order valence-corrected chi connectivity index (χ1v) is 6.03. The standard InChI is InChI=1S/C12H14IN/c13-12-7-4-8-14(10-12)9-11-5-2-1-3-6-11/h1-3,5-7H,4,8-10H2. The fraction of sp³-hybridized carbons (Fsp3) is 0.333. The molecule has 1 aliphatic heterocycles. The summed E-state index contributed by atoms with van der Waals surface area (Å²) >= 11 is 2.43. The van der Waals surface area contributed by atoms with Crippen molar-refractivity contribution in [3.63, 3.8) is 0 Å². The van der Waals surface area contributed by atoms with Crippen LogP contribution in [0.3, 0.4) is 0 Å². The van der Waals surface area contributed by atoms with Gasteiger partial charge in [-0.25, -0.2) is 0 Å². The van der Waals surface area contributed by atoms with Crippen LogP contribution >= 0.6 is 22.6 Å². The van der Waals surface area contributed by atoms with Gasteiger partial charge in [-0.1, -0.05) is 36.4 Å². The van der Waals surface area contributed by atoms with Crippen LogP contribution in [0.15, 0.2) is 40.0 Å². The quantitative estimate of drug-likeness (QED) is 0.758. The van der Waals surface area contributed by atoms with Crippen LogP contribution in [0.2, 0.25) is 0 Å². The van der Waals surface area contributed by atoms with E-state index in [9.17, 15) is 0 Å². The lowest BCUT2D eigenvalue weighted by atomic mass is 10.2. The summed E-state index contributed by atoms with van der Waals surface area (Å²) in [5.74, 6) is 0. The van der Waals surface area contributed by atoms with E-state index >= 15 is 0 Å². The summed E-state index contributed by atoms with van der Waals surface area (Å²) in [6.45, 7) is 3.40. The molecule has 1 aliphatic rings. The van der Waals surface area contributed by atoms with Gasteiger partial charge < -0.3 is 0 Å². The first kappa shape index (κ1) is 10.2. The third-order valence-electron chi connectivity index (χ3n) is 2.43. The molecule has 1 nitrogen and oxygen atoms in total. The van der Waals surface area contributed by atoms with E-state index in [1.165, 1.54) is 22.1 Å². The lowest BCUT2D eigenvalue weighted by Crippen LogP contribution is -2.28. The Hall–Kier alpha value is -0.350. The molecule has 0 aromatic heterocycles. The van der Waals surface area contributed by atoms with Gasteiger partial charge in [-0.15, -0.1) is 0 Å². The molecule has 0 fully saturated rings. The van der Waals surface area contributed by atoms with Gasteiger partial charge in [-0.2, -0.15) is 0 Å². The van der Waals surface area contributed by atoms with Gasteiger partial charge in [-0.3, -0.25) is 4.90 Å². The molecular formula is C12H14IN. The van der Waals surface area contributed by atoms with E-state index in [1.807, 2.05) is 0 Å². The van der Waals surface area contributed by atoms with E-state index in [4.69, 9.17) is 0 Å². The largest absolute Gasteiger partial charge is 0.294 e. The average Bonchev–Trinajstić information content (AvgIpc) is 2.19. The summed E-state index contributed by atoms with van der Waals surface area (Å²) in [5, 5.41) is 0. The summed E-state index contributed by atoms with van der Waals surface area (Å²) in [4.78, 5) is 2.50. The molecule has 0 amide bonds. The Balaban J connectivity index is 1.96. The molecule has 0 N–H and O–H groups in total. The minimum atomic E-state index is 1.08. The fourth-order valence-corrected chi connectivity index (χ4v) is 2.53. The van der Waals surface area contributed by atoms with E-state index in [0.717, 1.165) is 13.1 Å². The predicted octanol–water partition coefficient (Wildman–Crippen LogP) is 3.21. The number of hydrogen-bond donors (Lipinski definition) is 0. The maximum absolute atomic E-state index is 2.50. The summed E-state index contributed by atoms with van der Waals surface area (Å²) in [6, 6.07) is 10.7. The van der Waals surface area contributed by atoms with Gasteiger partial charge in [0.15, 0.2) is 0 Å². The summed E-state index contributed by atoms with van der Waals surface area (Å²) in [5.41, 5.74) is 1.42. The lowest BCUT2D eigenvalue weighted by Gasteiger charge is -2.25. The zero-order chi connectivity index (χ0) is 9.80. The monoisotopic (exact) mass is 299 g/mol. The molecule has 1 heterocycles. The summed E-state index contributed by atoms with van der Waals surface area (Å²) in [6.07, 6.45) is 3.53. The average molecular weight is 299 g/mol. The van der Waals surface area contributed by atoms with Crippen molar-refractivity contribution in [3.05, 3.63) is 45.6 Å². The van der Waals surface area contributed by atoms with Crippen molar-refractivity contribution >= 4 is 22.6 Å². The molecule has 0 aliphatic carbocycles. The summed E-state index contributed by atoms with van der Waals surface area (Å²) < 4.78 is 1.48. The highest BCUT2D eigenvalue weighted by molar-refractivity contribution is 14.1. The number of nitrogens with zero attached hydrogens (tertiary/aromatic N) is 1. The molecular weight excluding hydrogens is 285 g/mol. The van der Waals surface area contributed by atoms with Gasteiger partial charge in [0.2, 0.25) is 0 Å². The Kier molecular flexibility index (Phi) is 3.59. The van der Waals surface area contributed by atoms with Crippen LogP contribution in [-0.2, 0) is 6.54 Å². The van der Waals surface area contributed by atoms with E-state index in [2.05, 4.69) is 63.9 Å². The van der Waals surface area contributed by atoms with Gasteiger partial charge in [0, 0.05) is 23.2 Å². The van der Waals surface area contributed by atoms with Crippen LogP contribution < -0.4 is 0 Å². The number of benzene rings is 1. The van der Waals surface area contributed by atoms with Gasteiger partial charge in [0.1, 0.15) is 0 Å². The van der Waals surface area contributed by atoms with Crippen LogP contribution in [-0.4, -0.2) is 18.0 Å². The van der Waals surface area contributed by atoms with Crippen molar-refractivity contribution in [2.24, 2.45) is 0 Å². The highest BCUT2D eigenvalue weighted by Gasteiger charge is 2.10. The van der Waals surface area contributed by atoms with Crippen LogP contribution in [0.1, 0.15) is 12.0 Å². The molecule has 0 saturated heterocycles. The van der Waals surface area contributed by atoms with Gasteiger partial charge >= 0.3 is 0 Å². The second kappa shape index (κ2) is 4.94. The molecule has 1 aromatic rings. The Morgan fingerprint density at radius 2 is 2.00 bits per heavy atom. The number of halogens is 1. The third kappa shape index (κ3) is 2.82. The van der Waals surface area contributed by atoms with Gasteiger partial charge in [0.25, 0.3) is 0 Å². The molecule has 0 unspecified atom stereocenters. The van der Waals surface area contributed by atoms with Gasteiger partial charge in [0.05, 0.1) is 0 Å². The van der Waals surface area contributed by atoms with Crippen LogP contribution in [0.25, 0.3) is 0 Å². The number of hydrogen-bond acceptors (Lipinski definition) is 1. The van der Waals surface area contributed by atoms with Crippen molar-refractivity contribution in [2.45, 2.75) is 13.0 Å². The van der Waals surface area contributed by atoms with Crippen molar-refractivity contribution in [2.75, 3.05) is 13.1 Å². The molecule has 0 spiro atoms. The van der Waals surface area contributed by atoms with Crippen molar-refractivity contribution in [1.82, 2.24) is 4.90 Å². The van der Waals surface area contributed by atoms with E-state index in [0.29, 0.717) is 0 Å².